The highest BCUT2D eigenvalue weighted by Gasteiger charge is 2.13. The maximum Gasteiger partial charge on any atom is 0.118 e. The van der Waals surface area contributed by atoms with Crippen LogP contribution in [0.4, 0.5) is 0 Å². The Bertz CT molecular complexity index is 752. The van der Waals surface area contributed by atoms with Crippen molar-refractivity contribution in [3.63, 3.8) is 0 Å². The zero-order chi connectivity index (χ0) is 17.5. The Morgan fingerprint density at radius 1 is 1.46 bits per heavy atom. The van der Waals surface area contributed by atoms with Gasteiger partial charge in [0.25, 0.3) is 0 Å². The third-order valence-electron chi connectivity index (χ3n) is 3.61. The van der Waals surface area contributed by atoms with Crippen LogP contribution in [-0.2, 0) is 6.42 Å². The largest absolute Gasteiger partial charge is 0.398 e. The van der Waals surface area contributed by atoms with Gasteiger partial charge in [-0.3, -0.25) is 0 Å². The van der Waals surface area contributed by atoms with E-state index in [0.29, 0.717) is 17.6 Å². The number of nitrogens with two attached hydrogens (primary N) is 1. The minimum absolute atomic E-state index is 0.302. The number of hydrogen-bond acceptors (Lipinski definition) is 4. The second kappa shape index (κ2) is 8.34. The zero-order valence-electron chi connectivity index (χ0n) is 14.8. The van der Waals surface area contributed by atoms with Gasteiger partial charge in [0, 0.05) is 29.7 Å². The Morgan fingerprint density at radius 3 is 2.96 bits per heavy atom. The van der Waals surface area contributed by atoms with Gasteiger partial charge in [0.15, 0.2) is 0 Å². The number of nitrogens with zero attached hydrogens (tertiary/aromatic N) is 3. The molecule has 0 aliphatic heterocycles. The van der Waals surface area contributed by atoms with E-state index in [1.807, 2.05) is 48.8 Å². The molecule has 0 radical (unpaired) electrons. The molecule has 2 aromatic rings. The first-order chi connectivity index (χ1) is 11.5. The van der Waals surface area contributed by atoms with Gasteiger partial charge in [-0.15, -0.1) is 0 Å². The fourth-order valence-corrected chi connectivity index (χ4v) is 2.54. The fraction of sp³-hybridized carbons (Fsp3) is 0.368. The quantitative estimate of drug-likeness (QED) is 0.730. The molecule has 5 nitrogen and oxygen atoms in total. The average Bonchev–Trinajstić information content (AvgIpc) is 2.90. The molecule has 0 fully saturated rings. The van der Waals surface area contributed by atoms with Gasteiger partial charge in [0.2, 0.25) is 0 Å². The number of fused-ring (bicyclic) bond motifs is 1. The molecule has 5 heteroatoms. The van der Waals surface area contributed by atoms with Crippen LogP contribution in [0.3, 0.4) is 0 Å². The predicted octanol–water partition coefficient (Wildman–Crippen LogP) is 3.52. The van der Waals surface area contributed by atoms with Crippen LogP contribution in [0.15, 0.2) is 47.9 Å². The predicted molar refractivity (Wildman–Crippen MR) is 102 cm³/mol. The summed E-state index contributed by atoms with van der Waals surface area (Å²) < 4.78 is 1.89. The molecule has 24 heavy (non-hydrogen) atoms. The van der Waals surface area contributed by atoms with E-state index >= 15 is 0 Å². The number of aliphatic imine (C=N–C) groups is 1. The van der Waals surface area contributed by atoms with Crippen molar-refractivity contribution in [3.05, 3.63) is 54.1 Å². The Morgan fingerprint density at radius 2 is 2.25 bits per heavy atom. The van der Waals surface area contributed by atoms with Gasteiger partial charge in [-0.1, -0.05) is 26.0 Å². The van der Waals surface area contributed by atoms with Crippen molar-refractivity contribution in [2.24, 2.45) is 10.7 Å². The second-order valence-corrected chi connectivity index (χ2v) is 6.10. The Hall–Kier alpha value is -2.56. The monoisotopic (exact) mass is 325 g/mol. The van der Waals surface area contributed by atoms with Crippen molar-refractivity contribution >= 4 is 17.4 Å². The molecule has 0 bridgehead atoms. The van der Waals surface area contributed by atoms with Crippen LogP contribution in [-0.4, -0.2) is 21.9 Å². The maximum absolute atomic E-state index is 6.33. The molecule has 0 atom stereocenters. The minimum atomic E-state index is 0.302. The molecule has 0 spiro atoms. The molecule has 0 aliphatic rings. The second-order valence-electron chi connectivity index (χ2n) is 6.10. The van der Waals surface area contributed by atoms with Gasteiger partial charge in [-0.2, -0.15) is 5.10 Å². The zero-order valence-corrected chi connectivity index (χ0v) is 14.8. The van der Waals surface area contributed by atoms with E-state index in [1.54, 1.807) is 6.21 Å². The molecule has 0 unspecified atom stereocenters. The van der Waals surface area contributed by atoms with Crippen LogP contribution in [0.25, 0.3) is 11.2 Å². The molecule has 2 aromatic heterocycles. The first-order valence-electron chi connectivity index (χ1n) is 8.44. The molecule has 128 valence electrons. The molecule has 2 rings (SSSR count). The van der Waals surface area contributed by atoms with E-state index in [4.69, 9.17) is 5.73 Å². The SMILES string of the molecule is C=C(N=C/C=C(\N)c1c(CCCC)nn2ccccc12)NC(C)C. The summed E-state index contributed by atoms with van der Waals surface area (Å²) in [5.74, 6) is 0.625. The summed E-state index contributed by atoms with van der Waals surface area (Å²) in [6.45, 7) is 10.1. The maximum atomic E-state index is 6.33. The van der Waals surface area contributed by atoms with Crippen LogP contribution in [0.2, 0.25) is 0 Å². The number of nitrogens with one attached hydrogen (secondary N) is 1. The number of pyridine rings is 1. The highest BCUT2D eigenvalue weighted by atomic mass is 15.2. The van der Waals surface area contributed by atoms with Crippen LogP contribution < -0.4 is 11.1 Å². The number of aromatic nitrogens is 2. The number of unbranched alkanes of at least 4 members (excludes halogenated alkanes) is 1. The minimum Gasteiger partial charge on any atom is -0.398 e. The first-order valence-corrected chi connectivity index (χ1v) is 8.44. The van der Waals surface area contributed by atoms with Gasteiger partial charge < -0.3 is 11.1 Å². The lowest BCUT2D eigenvalue weighted by Gasteiger charge is -2.07. The molecular weight excluding hydrogens is 298 g/mol. The summed E-state index contributed by atoms with van der Waals surface area (Å²) in [4.78, 5) is 4.27. The van der Waals surface area contributed by atoms with Crippen molar-refractivity contribution in [2.75, 3.05) is 0 Å². The van der Waals surface area contributed by atoms with E-state index in [-0.39, 0.29) is 0 Å². The molecule has 0 aliphatic carbocycles. The lowest BCUT2D eigenvalue weighted by molar-refractivity contribution is 0.666. The lowest BCUT2D eigenvalue weighted by atomic mass is 10.1. The Balaban J connectivity index is 2.29. The molecular formula is C19H27N5. The number of rotatable bonds is 8. The summed E-state index contributed by atoms with van der Waals surface area (Å²) >= 11 is 0. The number of hydrogen-bond donors (Lipinski definition) is 2. The van der Waals surface area contributed by atoms with E-state index in [9.17, 15) is 0 Å². The molecule has 0 amide bonds. The van der Waals surface area contributed by atoms with Crippen molar-refractivity contribution in [1.29, 1.82) is 0 Å². The van der Waals surface area contributed by atoms with Crippen molar-refractivity contribution in [1.82, 2.24) is 14.9 Å². The molecule has 0 saturated heterocycles. The van der Waals surface area contributed by atoms with Crippen molar-refractivity contribution < 1.29 is 0 Å². The molecule has 0 aromatic carbocycles. The van der Waals surface area contributed by atoms with E-state index < -0.39 is 0 Å². The van der Waals surface area contributed by atoms with Crippen LogP contribution in [0.5, 0.6) is 0 Å². The third-order valence-corrected chi connectivity index (χ3v) is 3.61. The Kier molecular flexibility index (Phi) is 6.18. The van der Waals surface area contributed by atoms with E-state index in [2.05, 4.69) is 28.9 Å². The molecule has 0 saturated carbocycles. The standard InChI is InChI=1S/C19H27N5/c1-5-6-9-17-19(18-10-7-8-13-24(18)23-17)16(20)11-12-21-15(4)22-14(2)3/h7-8,10-14,22H,4-6,9,20H2,1-3H3/b16-11-,21-12?. The number of allylic oxidation sites excluding steroid dienone is 1. The van der Waals surface area contributed by atoms with Crippen molar-refractivity contribution in [2.45, 2.75) is 46.1 Å². The van der Waals surface area contributed by atoms with Crippen molar-refractivity contribution in [3.8, 4) is 0 Å². The van der Waals surface area contributed by atoms with Crippen LogP contribution >= 0.6 is 0 Å². The summed E-state index contributed by atoms with van der Waals surface area (Å²) in [5.41, 5.74) is 10.1. The van der Waals surface area contributed by atoms with E-state index in [1.165, 1.54) is 0 Å². The molecule has 2 heterocycles. The third kappa shape index (κ3) is 4.47. The van der Waals surface area contributed by atoms with Crippen LogP contribution in [0, 0.1) is 0 Å². The summed E-state index contributed by atoms with van der Waals surface area (Å²) in [5, 5.41) is 7.82. The van der Waals surface area contributed by atoms with Gasteiger partial charge in [-0.25, -0.2) is 9.51 Å². The van der Waals surface area contributed by atoms with Gasteiger partial charge in [0.1, 0.15) is 5.82 Å². The summed E-state index contributed by atoms with van der Waals surface area (Å²) in [6, 6.07) is 6.31. The lowest BCUT2D eigenvalue weighted by Crippen LogP contribution is -2.20. The average molecular weight is 325 g/mol. The van der Waals surface area contributed by atoms with Gasteiger partial charge in [-0.05, 0) is 44.9 Å². The summed E-state index contributed by atoms with van der Waals surface area (Å²) in [7, 11) is 0. The Labute approximate surface area is 144 Å². The smallest absolute Gasteiger partial charge is 0.118 e. The summed E-state index contributed by atoms with van der Waals surface area (Å²) in [6.07, 6.45) is 8.58. The topological polar surface area (TPSA) is 67.7 Å². The molecule has 3 N–H and O–H groups in total. The first kappa shape index (κ1) is 17.8. The van der Waals surface area contributed by atoms with Gasteiger partial charge >= 0.3 is 0 Å². The van der Waals surface area contributed by atoms with Crippen LogP contribution in [0.1, 0.15) is 44.9 Å². The van der Waals surface area contributed by atoms with Gasteiger partial charge in [0.05, 0.1) is 11.2 Å². The highest BCUT2D eigenvalue weighted by Crippen LogP contribution is 2.22. The van der Waals surface area contributed by atoms with E-state index in [0.717, 1.165) is 36.0 Å². The highest BCUT2D eigenvalue weighted by molar-refractivity contribution is 5.88. The number of aryl methyl sites for hydroxylation is 1. The normalized spacial score (nSPS) is 12.4. The fourth-order valence-electron chi connectivity index (χ4n) is 2.54.